The summed E-state index contributed by atoms with van der Waals surface area (Å²) >= 11 is 6.46. The van der Waals surface area contributed by atoms with Crippen LogP contribution in [0.15, 0.2) is 72.8 Å². The average Bonchev–Trinajstić information content (AvgIpc) is 3.08. The van der Waals surface area contributed by atoms with E-state index in [4.69, 9.17) is 17.3 Å². The molecule has 4 aromatic rings. The second-order valence-electron chi connectivity index (χ2n) is 7.93. The first kappa shape index (κ1) is 21.8. The van der Waals surface area contributed by atoms with E-state index >= 15 is 0 Å². The van der Waals surface area contributed by atoms with Gasteiger partial charge in [0.15, 0.2) is 5.78 Å². The van der Waals surface area contributed by atoms with Crippen LogP contribution in [0.5, 0.6) is 0 Å². The van der Waals surface area contributed by atoms with Gasteiger partial charge in [0.2, 0.25) is 5.91 Å². The van der Waals surface area contributed by atoms with Gasteiger partial charge in [0.25, 0.3) is 0 Å². The molecule has 0 fully saturated rings. The minimum absolute atomic E-state index is 0.0642. The lowest BCUT2D eigenvalue weighted by Crippen LogP contribution is -2.11. The van der Waals surface area contributed by atoms with Crippen LogP contribution >= 0.6 is 11.6 Å². The number of nitrogens with zero attached hydrogens (tertiary/aromatic N) is 1. The van der Waals surface area contributed by atoms with Crippen LogP contribution in [0.1, 0.15) is 50.9 Å². The maximum atomic E-state index is 13.5. The third-order valence-electron chi connectivity index (χ3n) is 5.72. The molecule has 1 heterocycles. The van der Waals surface area contributed by atoms with E-state index in [0.29, 0.717) is 29.1 Å². The van der Waals surface area contributed by atoms with Crippen molar-refractivity contribution in [3.8, 4) is 0 Å². The molecule has 0 unspecified atom stereocenters. The Morgan fingerprint density at radius 3 is 2.38 bits per heavy atom. The van der Waals surface area contributed by atoms with E-state index in [0.717, 1.165) is 40.6 Å². The zero-order valence-electron chi connectivity index (χ0n) is 18.0. The number of ketones is 1. The Kier molecular flexibility index (Phi) is 6.42. The molecule has 162 valence electrons. The van der Waals surface area contributed by atoms with Crippen molar-refractivity contribution in [2.24, 2.45) is 5.73 Å². The smallest absolute Gasteiger partial charge is 0.248 e. The number of aromatic nitrogens is 1. The highest BCUT2D eigenvalue weighted by Gasteiger charge is 2.23. The first-order chi connectivity index (χ1) is 15.5. The number of carbonyl (C=O) groups excluding carboxylic acids is 2. The summed E-state index contributed by atoms with van der Waals surface area (Å²) in [7, 11) is 0. The third kappa shape index (κ3) is 4.32. The van der Waals surface area contributed by atoms with Crippen LogP contribution in [0.4, 0.5) is 0 Å². The molecule has 0 saturated carbocycles. The number of halogens is 1. The van der Waals surface area contributed by atoms with Crippen molar-refractivity contribution in [1.29, 1.82) is 0 Å². The second-order valence-corrected chi connectivity index (χ2v) is 8.34. The minimum atomic E-state index is -0.494. The molecule has 0 atom stereocenters. The SMILES string of the molecule is CCCc1c(C(=O)Cc2ccccc2)c2ccc(C(N)=O)cc2n1Cc1ccccc1Cl. The molecule has 0 spiro atoms. The van der Waals surface area contributed by atoms with Crippen LogP contribution in [0, 0.1) is 0 Å². The third-order valence-corrected chi connectivity index (χ3v) is 6.08. The highest BCUT2D eigenvalue weighted by molar-refractivity contribution is 6.31. The fraction of sp³-hybridized carbons (Fsp3) is 0.185. The topological polar surface area (TPSA) is 65.1 Å². The van der Waals surface area contributed by atoms with Gasteiger partial charge in [-0.25, -0.2) is 0 Å². The summed E-state index contributed by atoms with van der Waals surface area (Å²) in [5.74, 6) is -0.430. The number of Topliss-reactive ketones (excluding diaryl/α,β-unsaturated/α-hetero) is 1. The highest BCUT2D eigenvalue weighted by atomic mass is 35.5. The molecule has 0 bridgehead atoms. The molecule has 0 saturated heterocycles. The van der Waals surface area contributed by atoms with Gasteiger partial charge in [-0.2, -0.15) is 0 Å². The van der Waals surface area contributed by atoms with Crippen LogP contribution in [0.3, 0.4) is 0 Å². The number of hydrogen-bond donors (Lipinski definition) is 1. The predicted octanol–water partition coefficient (Wildman–Crippen LogP) is 5.82. The summed E-state index contributed by atoms with van der Waals surface area (Å²) in [6.07, 6.45) is 1.94. The standard InChI is InChI=1S/C27H25ClN2O2/c1-2-8-23-26(25(31)15-18-9-4-3-5-10-18)21-14-13-19(27(29)32)16-24(21)30(23)17-20-11-6-7-12-22(20)28/h3-7,9-14,16H,2,8,15,17H2,1H3,(H2,29,32). The van der Waals surface area contributed by atoms with Gasteiger partial charge in [-0.3, -0.25) is 9.59 Å². The van der Waals surface area contributed by atoms with Crippen molar-refractivity contribution >= 4 is 34.2 Å². The average molecular weight is 445 g/mol. The Morgan fingerprint density at radius 2 is 1.69 bits per heavy atom. The van der Waals surface area contributed by atoms with Crippen molar-refractivity contribution in [2.45, 2.75) is 32.7 Å². The fourth-order valence-corrected chi connectivity index (χ4v) is 4.41. The van der Waals surface area contributed by atoms with Crippen molar-refractivity contribution in [1.82, 2.24) is 4.57 Å². The molecule has 5 heteroatoms. The van der Waals surface area contributed by atoms with Gasteiger partial charge in [-0.05, 0) is 35.7 Å². The fourth-order valence-electron chi connectivity index (χ4n) is 4.21. The van der Waals surface area contributed by atoms with Crippen LogP contribution in [0.2, 0.25) is 5.02 Å². The van der Waals surface area contributed by atoms with Crippen molar-refractivity contribution in [3.63, 3.8) is 0 Å². The molecule has 0 aliphatic heterocycles. The zero-order valence-corrected chi connectivity index (χ0v) is 18.7. The van der Waals surface area contributed by atoms with Crippen LogP contribution in [-0.4, -0.2) is 16.3 Å². The van der Waals surface area contributed by atoms with Crippen molar-refractivity contribution < 1.29 is 9.59 Å². The second kappa shape index (κ2) is 9.41. The van der Waals surface area contributed by atoms with Gasteiger partial charge in [-0.15, -0.1) is 0 Å². The largest absolute Gasteiger partial charge is 0.366 e. The summed E-state index contributed by atoms with van der Waals surface area (Å²) in [6, 6.07) is 22.8. The van der Waals surface area contributed by atoms with Crippen LogP contribution < -0.4 is 5.73 Å². The Hall–Kier alpha value is -3.37. The molecule has 4 rings (SSSR count). The summed E-state index contributed by atoms with van der Waals surface area (Å²) in [5.41, 5.74) is 10.4. The van der Waals surface area contributed by atoms with Gasteiger partial charge in [0.05, 0.1) is 5.52 Å². The maximum Gasteiger partial charge on any atom is 0.248 e. The van der Waals surface area contributed by atoms with E-state index in [9.17, 15) is 9.59 Å². The summed E-state index contributed by atoms with van der Waals surface area (Å²) in [5, 5.41) is 1.51. The monoisotopic (exact) mass is 444 g/mol. The zero-order chi connectivity index (χ0) is 22.7. The van der Waals surface area contributed by atoms with E-state index in [2.05, 4.69) is 11.5 Å². The normalized spacial score (nSPS) is 11.1. The van der Waals surface area contributed by atoms with E-state index in [1.807, 2.05) is 60.7 Å². The lowest BCUT2D eigenvalue weighted by atomic mass is 9.98. The molecule has 3 aromatic carbocycles. The van der Waals surface area contributed by atoms with E-state index in [1.165, 1.54) is 0 Å². The van der Waals surface area contributed by atoms with Crippen molar-refractivity contribution in [3.05, 3.63) is 106 Å². The van der Waals surface area contributed by atoms with E-state index < -0.39 is 5.91 Å². The first-order valence-electron chi connectivity index (χ1n) is 10.7. The lowest BCUT2D eigenvalue weighted by molar-refractivity contribution is 0.0988. The van der Waals surface area contributed by atoms with Gasteiger partial charge in [0, 0.05) is 40.2 Å². The number of benzene rings is 3. The van der Waals surface area contributed by atoms with Gasteiger partial charge >= 0.3 is 0 Å². The van der Waals surface area contributed by atoms with Crippen molar-refractivity contribution in [2.75, 3.05) is 0 Å². The molecule has 2 N–H and O–H groups in total. The summed E-state index contributed by atoms with van der Waals surface area (Å²) in [4.78, 5) is 25.4. The molecule has 32 heavy (non-hydrogen) atoms. The minimum Gasteiger partial charge on any atom is -0.366 e. The lowest BCUT2D eigenvalue weighted by Gasteiger charge is -2.13. The van der Waals surface area contributed by atoms with E-state index in [-0.39, 0.29) is 5.78 Å². The number of primary amides is 1. The number of rotatable bonds is 8. The maximum absolute atomic E-state index is 13.5. The van der Waals surface area contributed by atoms with Crippen LogP contribution in [-0.2, 0) is 19.4 Å². The molecule has 4 nitrogen and oxygen atoms in total. The number of amides is 1. The molecule has 0 aliphatic carbocycles. The molecular formula is C27H25ClN2O2. The van der Waals surface area contributed by atoms with Gasteiger partial charge in [0.1, 0.15) is 0 Å². The Labute approximate surface area is 192 Å². The summed E-state index contributed by atoms with van der Waals surface area (Å²) < 4.78 is 2.12. The molecule has 1 aromatic heterocycles. The molecule has 1 amide bonds. The number of fused-ring (bicyclic) bond motifs is 1. The first-order valence-corrected chi connectivity index (χ1v) is 11.1. The number of hydrogen-bond acceptors (Lipinski definition) is 2. The quantitative estimate of drug-likeness (QED) is 0.348. The van der Waals surface area contributed by atoms with Gasteiger partial charge < -0.3 is 10.3 Å². The van der Waals surface area contributed by atoms with Gasteiger partial charge in [-0.1, -0.05) is 79.5 Å². The number of nitrogens with two attached hydrogens (primary N) is 1. The molecule has 0 radical (unpaired) electrons. The summed E-state index contributed by atoms with van der Waals surface area (Å²) in [6.45, 7) is 2.60. The molecule has 0 aliphatic rings. The Balaban J connectivity index is 1.92. The molecular weight excluding hydrogens is 420 g/mol. The Bertz CT molecular complexity index is 1290. The number of carbonyl (C=O) groups is 2. The predicted molar refractivity (Wildman–Crippen MR) is 129 cm³/mol. The van der Waals surface area contributed by atoms with Crippen LogP contribution in [0.25, 0.3) is 10.9 Å². The van der Waals surface area contributed by atoms with E-state index in [1.54, 1.807) is 12.1 Å². The Morgan fingerprint density at radius 1 is 0.969 bits per heavy atom. The highest BCUT2D eigenvalue weighted by Crippen LogP contribution is 2.31.